The number of nitrogens with one attached hydrogen (secondary N) is 2. The van der Waals surface area contributed by atoms with Crippen molar-refractivity contribution in [2.45, 2.75) is 37.9 Å². The molecule has 0 aliphatic carbocycles. The normalized spacial score (nSPS) is 18.9. The fraction of sp³-hybridized carbons (Fsp3) is 0.273. The lowest BCUT2D eigenvalue weighted by Crippen LogP contribution is -2.21. The molecular formula is C22H23N3O2S. The third kappa shape index (κ3) is 3.78. The maximum atomic E-state index is 12.3. The number of H-pyrrole nitrogens is 1. The molecule has 2 heterocycles. The number of benzene rings is 2. The minimum atomic E-state index is -0.156. The van der Waals surface area contributed by atoms with Crippen LogP contribution in [0.15, 0.2) is 48.5 Å². The number of hydrogen-bond acceptors (Lipinski definition) is 4. The summed E-state index contributed by atoms with van der Waals surface area (Å²) in [5.74, 6) is 1.44. The zero-order valence-corrected chi connectivity index (χ0v) is 17.0. The van der Waals surface area contributed by atoms with E-state index in [1.54, 1.807) is 11.8 Å². The Hall–Kier alpha value is -2.73. The van der Waals surface area contributed by atoms with E-state index >= 15 is 0 Å². The highest BCUT2D eigenvalue weighted by molar-refractivity contribution is 8.01. The lowest BCUT2D eigenvalue weighted by Gasteiger charge is -2.18. The minimum Gasteiger partial charge on any atom is -0.489 e. The largest absolute Gasteiger partial charge is 0.489 e. The number of aromatic amines is 1. The molecule has 0 saturated heterocycles. The van der Waals surface area contributed by atoms with E-state index in [1.807, 2.05) is 26.0 Å². The molecule has 1 aliphatic heterocycles. The molecular weight excluding hydrogens is 370 g/mol. The highest BCUT2D eigenvalue weighted by Crippen LogP contribution is 2.44. The van der Waals surface area contributed by atoms with Crippen molar-refractivity contribution in [3.05, 3.63) is 76.5 Å². The molecule has 2 unspecified atom stereocenters. The van der Waals surface area contributed by atoms with Crippen molar-refractivity contribution in [3.63, 3.8) is 0 Å². The quantitative estimate of drug-likeness (QED) is 0.670. The highest BCUT2D eigenvalue weighted by Gasteiger charge is 2.32. The topological polar surface area (TPSA) is 67.0 Å². The number of carbonyl (C=O) groups excluding carboxylic acids is 1. The predicted molar refractivity (Wildman–Crippen MR) is 113 cm³/mol. The van der Waals surface area contributed by atoms with E-state index < -0.39 is 0 Å². The summed E-state index contributed by atoms with van der Waals surface area (Å²) in [7, 11) is 0. The van der Waals surface area contributed by atoms with E-state index in [0.717, 1.165) is 28.1 Å². The molecule has 2 aromatic carbocycles. The summed E-state index contributed by atoms with van der Waals surface area (Å²) in [5.41, 5.74) is 5.52. The zero-order chi connectivity index (χ0) is 19.7. The van der Waals surface area contributed by atoms with Crippen LogP contribution in [0.25, 0.3) is 0 Å². The molecule has 1 amide bonds. The molecule has 4 rings (SSSR count). The SMILES string of the molecule is Cc1ccc(COc2ccc(C3SC(C)C(=O)Nc4n[nH]c(C)c43)cc2)cc1. The van der Waals surface area contributed by atoms with Gasteiger partial charge in [-0.15, -0.1) is 11.8 Å². The van der Waals surface area contributed by atoms with Crippen LogP contribution in [0.1, 0.15) is 40.1 Å². The number of anilines is 1. The van der Waals surface area contributed by atoms with Gasteiger partial charge in [0, 0.05) is 11.3 Å². The van der Waals surface area contributed by atoms with Crippen LogP contribution in [0.5, 0.6) is 5.75 Å². The Morgan fingerprint density at radius 1 is 1.07 bits per heavy atom. The van der Waals surface area contributed by atoms with Crippen molar-refractivity contribution in [3.8, 4) is 5.75 Å². The fourth-order valence-electron chi connectivity index (χ4n) is 3.24. The summed E-state index contributed by atoms with van der Waals surface area (Å²) in [6, 6.07) is 16.5. The Morgan fingerprint density at radius 3 is 2.50 bits per heavy atom. The van der Waals surface area contributed by atoms with E-state index in [2.05, 4.69) is 58.8 Å². The molecule has 0 spiro atoms. The molecule has 1 aliphatic rings. The van der Waals surface area contributed by atoms with Gasteiger partial charge in [0.25, 0.3) is 0 Å². The van der Waals surface area contributed by atoms with Gasteiger partial charge in [-0.25, -0.2) is 0 Å². The molecule has 0 saturated carbocycles. The van der Waals surface area contributed by atoms with Crippen LogP contribution in [0.2, 0.25) is 0 Å². The van der Waals surface area contributed by atoms with Gasteiger partial charge in [0.1, 0.15) is 12.4 Å². The number of nitrogens with zero attached hydrogens (tertiary/aromatic N) is 1. The highest BCUT2D eigenvalue weighted by atomic mass is 32.2. The zero-order valence-electron chi connectivity index (χ0n) is 16.2. The Kier molecular flexibility index (Phi) is 5.13. The average Bonchev–Trinajstić information content (AvgIpc) is 2.99. The molecule has 6 heteroatoms. The fourth-order valence-corrected chi connectivity index (χ4v) is 4.57. The van der Waals surface area contributed by atoms with Gasteiger partial charge >= 0.3 is 0 Å². The van der Waals surface area contributed by atoms with Crippen molar-refractivity contribution >= 4 is 23.5 Å². The second-order valence-electron chi connectivity index (χ2n) is 7.10. The summed E-state index contributed by atoms with van der Waals surface area (Å²) in [6.45, 7) is 6.53. The number of ether oxygens (including phenoxy) is 1. The molecule has 0 radical (unpaired) electrons. The third-order valence-corrected chi connectivity index (χ3v) is 6.32. The lowest BCUT2D eigenvalue weighted by atomic mass is 10.0. The van der Waals surface area contributed by atoms with E-state index in [-0.39, 0.29) is 16.4 Å². The van der Waals surface area contributed by atoms with Crippen LogP contribution in [0.3, 0.4) is 0 Å². The van der Waals surface area contributed by atoms with Crippen molar-refractivity contribution < 1.29 is 9.53 Å². The van der Waals surface area contributed by atoms with E-state index in [1.165, 1.54) is 5.56 Å². The number of hydrogen-bond donors (Lipinski definition) is 2. The molecule has 0 bridgehead atoms. The van der Waals surface area contributed by atoms with Gasteiger partial charge < -0.3 is 10.1 Å². The number of aryl methyl sites for hydroxylation is 2. The number of amides is 1. The molecule has 2 atom stereocenters. The minimum absolute atomic E-state index is 0.0155. The van der Waals surface area contributed by atoms with Gasteiger partial charge in [-0.3, -0.25) is 9.89 Å². The monoisotopic (exact) mass is 393 g/mol. The van der Waals surface area contributed by atoms with E-state index in [9.17, 15) is 4.79 Å². The van der Waals surface area contributed by atoms with Crippen LogP contribution in [0.4, 0.5) is 5.82 Å². The molecule has 2 N–H and O–H groups in total. The Bertz CT molecular complexity index is 980. The van der Waals surface area contributed by atoms with Gasteiger partial charge in [-0.1, -0.05) is 42.0 Å². The van der Waals surface area contributed by atoms with Crippen LogP contribution in [-0.2, 0) is 11.4 Å². The number of rotatable bonds is 4. The van der Waals surface area contributed by atoms with Crippen LogP contribution < -0.4 is 10.1 Å². The van der Waals surface area contributed by atoms with Gasteiger partial charge in [0.15, 0.2) is 5.82 Å². The standard InChI is InChI=1S/C22H23N3O2S/c1-13-4-6-16(7-5-13)12-27-18-10-8-17(9-11-18)20-19-14(2)24-25-21(19)23-22(26)15(3)28-20/h4-11,15,20H,12H2,1-3H3,(H2,23,24,25,26). The summed E-state index contributed by atoms with van der Waals surface area (Å²) in [6.07, 6.45) is 0. The summed E-state index contributed by atoms with van der Waals surface area (Å²) in [4.78, 5) is 12.3. The second-order valence-corrected chi connectivity index (χ2v) is 8.55. The molecule has 1 aromatic heterocycles. The maximum Gasteiger partial charge on any atom is 0.238 e. The van der Waals surface area contributed by atoms with Crippen molar-refractivity contribution in [2.24, 2.45) is 0 Å². The molecule has 5 nitrogen and oxygen atoms in total. The van der Waals surface area contributed by atoms with Crippen molar-refractivity contribution in [1.82, 2.24) is 10.2 Å². The summed E-state index contributed by atoms with van der Waals surface area (Å²) >= 11 is 1.63. The first-order valence-electron chi connectivity index (χ1n) is 9.31. The second kappa shape index (κ2) is 7.72. The first kappa shape index (κ1) is 18.6. The maximum absolute atomic E-state index is 12.3. The Morgan fingerprint density at radius 2 is 1.79 bits per heavy atom. The van der Waals surface area contributed by atoms with Gasteiger partial charge in [0.2, 0.25) is 5.91 Å². The first-order chi connectivity index (χ1) is 13.5. The van der Waals surface area contributed by atoms with Gasteiger partial charge in [-0.2, -0.15) is 5.10 Å². The molecule has 0 fully saturated rings. The Balaban J connectivity index is 1.53. The smallest absolute Gasteiger partial charge is 0.238 e. The molecule has 144 valence electrons. The average molecular weight is 394 g/mol. The third-order valence-electron chi connectivity index (χ3n) is 4.92. The number of aromatic nitrogens is 2. The number of thioether (sulfide) groups is 1. The van der Waals surface area contributed by atoms with Gasteiger partial charge in [0.05, 0.1) is 10.5 Å². The van der Waals surface area contributed by atoms with Crippen molar-refractivity contribution in [2.75, 3.05) is 5.32 Å². The van der Waals surface area contributed by atoms with Gasteiger partial charge in [-0.05, 0) is 44.0 Å². The summed E-state index contributed by atoms with van der Waals surface area (Å²) in [5, 5.41) is 10.1. The predicted octanol–water partition coefficient (Wildman–Crippen LogP) is 4.77. The Labute approximate surface area is 168 Å². The first-order valence-corrected chi connectivity index (χ1v) is 10.2. The van der Waals surface area contributed by atoms with E-state index in [0.29, 0.717) is 12.4 Å². The number of fused-ring (bicyclic) bond motifs is 1. The molecule has 3 aromatic rings. The summed E-state index contributed by atoms with van der Waals surface area (Å²) < 4.78 is 5.92. The lowest BCUT2D eigenvalue weighted by molar-refractivity contribution is -0.115. The van der Waals surface area contributed by atoms with Crippen LogP contribution in [-0.4, -0.2) is 21.4 Å². The number of carbonyl (C=O) groups is 1. The van der Waals surface area contributed by atoms with Crippen molar-refractivity contribution in [1.29, 1.82) is 0 Å². The van der Waals surface area contributed by atoms with Crippen LogP contribution in [0, 0.1) is 13.8 Å². The molecule has 28 heavy (non-hydrogen) atoms. The van der Waals surface area contributed by atoms with Crippen LogP contribution >= 0.6 is 11.8 Å². The van der Waals surface area contributed by atoms with E-state index in [4.69, 9.17) is 4.74 Å².